The second-order valence-corrected chi connectivity index (χ2v) is 4.91. The number of primary amides is 1. The maximum atomic E-state index is 12.4. The molecule has 22 heavy (non-hydrogen) atoms. The Hall–Kier alpha value is -2.65. The van der Waals surface area contributed by atoms with Crippen LogP contribution in [0.4, 0.5) is 19.0 Å². The summed E-state index contributed by atoms with van der Waals surface area (Å²) < 4.78 is 38.8. The molecule has 0 bridgehead atoms. The molecule has 10 heteroatoms. The minimum Gasteiger partial charge on any atom is -0.366 e. The Balaban J connectivity index is 1.64. The van der Waals surface area contributed by atoms with Gasteiger partial charge in [0.25, 0.3) is 5.91 Å². The third-order valence-corrected chi connectivity index (χ3v) is 3.39. The number of hydrogen-bond acceptors (Lipinski definition) is 5. The minimum absolute atomic E-state index is 0.0113. The molecule has 116 valence electrons. The molecule has 0 atom stereocenters. The highest BCUT2D eigenvalue weighted by Gasteiger charge is 2.34. The lowest BCUT2D eigenvalue weighted by Gasteiger charge is -2.39. The molecule has 2 N–H and O–H groups in total. The van der Waals surface area contributed by atoms with Gasteiger partial charge < -0.3 is 10.6 Å². The van der Waals surface area contributed by atoms with Gasteiger partial charge in [0.2, 0.25) is 0 Å². The van der Waals surface area contributed by atoms with E-state index in [1.54, 1.807) is 15.8 Å². The van der Waals surface area contributed by atoms with E-state index < -0.39 is 17.8 Å². The second-order valence-electron chi connectivity index (χ2n) is 4.91. The number of hydrogen-bond donors (Lipinski definition) is 1. The summed E-state index contributed by atoms with van der Waals surface area (Å²) in [6.45, 7) is 1.03. The average Bonchev–Trinajstić information content (AvgIpc) is 2.86. The van der Waals surface area contributed by atoms with E-state index in [1.807, 2.05) is 0 Å². The highest BCUT2D eigenvalue weighted by atomic mass is 19.4. The van der Waals surface area contributed by atoms with E-state index in [9.17, 15) is 18.0 Å². The number of aromatic nitrogens is 4. The zero-order chi connectivity index (χ0) is 15.9. The molecule has 0 spiro atoms. The number of alkyl halides is 3. The second kappa shape index (κ2) is 4.97. The fourth-order valence-electron chi connectivity index (χ4n) is 2.12. The first-order chi connectivity index (χ1) is 10.3. The molecule has 1 aliphatic rings. The molecule has 1 saturated heterocycles. The van der Waals surface area contributed by atoms with Crippen LogP contribution in [0.25, 0.3) is 0 Å². The molecule has 1 aliphatic heterocycles. The van der Waals surface area contributed by atoms with Gasteiger partial charge in [-0.1, -0.05) is 0 Å². The SMILES string of the molecule is NC(=O)c1cnn(C2CN(c3ccc(C(F)(F)F)nn3)C2)c1. The number of carbonyl (C=O) groups excluding carboxylic acids is 1. The predicted molar refractivity (Wildman–Crippen MR) is 69.0 cm³/mol. The summed E-state index contributed by atoms with van der Waals surface area (Å²) in [5, 5.41) is 10.8. The first-order valence-corrected chi connectivity index (χ1v) is 6.34. The highest BCUT2D eigenvalue weighted by molar-refractivity contribution is 5.92. The molecule has 7 nitrogen and oxygen atoms in total. The van der Waals surface area contributed by atoms with Crippen molar-refractivity contribution in [1.82, 2.24) is 20.0 Å². The normalized spacial score (nSPS) is 15.7. The fourth-order valence-corrected chi connectivity index (χ4v) is 2.12. The summed E-state index contributed by atoms with van der Waals surface area (Å²) in [5.41, 5.74) is 4.43. The molecule has 2 aromatic heterocycles. The number of amides is 1. The molecular formula is C12H11F3N6O. The Labute approximate surface area is 122 Å². The van der Waals surface area contributed by atoms with Crippen LogP contribution in [0.3, 0.4) is 0 Å². The first-order valence-electron chi connectivity index (χ1n) is 6.34. The Bertz CT molecular complexity index is 690. The third-order valence-electron chi connectivity index (χ3n) is 3.39. The van der Waals surface area contributed by atoms with Crippen molar-refractivity contribution in [2.45, 2.75) is 12.2 Å². The van der Waals surface area contributed by atoms with Crippen LogP contribution in [0.1, 0.15) is 22.1 Å². The third kappa shape index (κ3) is 2.59. The molecule has 0 aliphatic carbocycles. The molecule has 2 aromatic rings. The molecule has 3 heterocycles. The first kappa shape index (κ1) is 14.3. The van der Waals surface area contributed by atoms with Crippen molar-refractivity contribution in [1.29, 1.82) is 0 Å². The topological polar surface area (TPSA) is 89.9 Å². The van der Waals surface area contributed by atoms with E-state index >= 15 is 0 Å². The number of nitrogens with zero attached hydrogens (tertiary/aromatic N) is 5. The monoisotopic (exact) mass is 312 g/mol. The van der Waals surface area contributed by atoms with E-state index in [4.69, 9.17) is 5.73 Å². The van der Waals surface area contributed by atoms with Gasteiger partial charge in [-0.05, 0) is 12.1 Å². The maximum absolute atomic E-state index is 12.4. The van der Waals surface area contributed by atoms with Crippen molar-refractivity contribution < 1.29 is 18.0 Å². The molecule has 0 aromatic carbocycles. The summed E-state index contributed by atoms with van der Waals surface area (Å²) >= 11 is 0. The molecular weight excluding hydrogens is 301 g/mol. The van der Waals surface area contributed by atoms with E-state index in [0.29, 0.717) is 24.5 Å². The van der Waals surface area contributed by atoms with Crippen molar-refractivity contribution in [3.8, 4) is 0 Å². The molecule has 0 unspecified atom stereocenters. The largest absolute Gasteiger partial charge is 0.435 e. The standard InChI is InChI=1S/C12H11F3N6O/c13-12(14,15)9-1-2-10(19-18-9)20-5-8(6-20)21-4-7(3-17-21)11(16)22/h1-4,8H,5-6H2,(H2,16,22). The Morgan fingerprint density at radius 2 is 2.00 bits per heavy atom. The van der Waals surface area contributed by atoms with E-state index in [-0.39, 0.29) is 6.04 Å². The zero-order valence-corrected chi connectivity index (χ0v) is 11.2. The van der Waals surface area contributed by atoms with Gasteiger partial charge in [-0.15, -0.1) is 10.2 Å². The van der Waals surface area contributed by atoms with Gasteiger partial charge in [0, 0.05) is 19.3 Å². The minimum atomic E-state index is -4.50. The van der Waals surface area contributed by atoms with Crippen molar-refractivity contribution >= 4 is 11.7 Å². The molecule has 0 radical (unpaired) electrons. The molecule has 3 rings (SSSR count). The maximum Gasteiger partial charge on any atom is 0.435 e. The van der Waals surface area contributed by atoms with Crippen LogP contribution in [0, 0.1) is 0 Å². The lowest BCUT2D eigenvalue weighted by molar-refractivity contribution is -0.141. The van der Waals surface area contributed by atoms with Crippen LogP contribution in [-0.2, 0) is 6.18 Å². The van der Waals surface area contributed by atoms with Crippen LogP contribution in [0.15, 0.2) is 24.5 Å². The van der Waals surface area contributed by atoms with Crippen molar-refractivity contribution in [3.05, 3.63) is 35.8 Å². The van der Waals surface area contributed by atoms with E-state index in [0.717, 1.165) is 6.07 Å². The van der Waals surface area contributed by atoms with Gasteiger partial charge in [0.05, 0.1) is 17.8 Å². The Morgan fingerprint density at radius 1 is 1.27 bits per heavy atom. The number of halogens is 3. The number of nitrogens with two attached hydrogens (primary N) is 1. The molecule has 1 amide bonds. The molecule has 1 fully saturated rings. The summed E-state index contributed by atoms with van der Waals surface area (Å²) in [5.74, 6) is -0.192. The Kier molecular flexibility index (Phi) is 3.23. The van der Waals surface area contributed by atoms with Gasteiger partial charge in [0.1, 0.15) is 0 Å². The van der Waals surface area contributed by atoms with Crippen LogP contribution in [0.2, 0.25) is 0 Å². The van der Waals surface area contributed by atoms with Crippen LogP contribution < -0.4 is 10.6 Å². The predicted octanol–water partition coefficient (Wildman–Crippen LogP) is 0.852. The fraction of sp³-hybridized carbons (Fsp3) is 0.333. The smallest absolute Gasteiger partial charge is 0.366 e. The summed E-state index contributed by atoms with van der Waals surface area (Å²) in [6, 6.07) is 2.19. The highest BCUT2D eigenvalue weighted by Crippen LogP contribution is 2.29. The van der Waals surface area contributed by atoms with Gasteiger partial charge >= 0.3 is 6.18 Å². The van der Waals surface area contributed by atoms with Gasteiger partial charge in [-0.2, -0.15) is 18.3 Å². The van der Waals surface area contributed by atoms with Crippen molar-refractivity contribution in [2.24, 2.45) is 5.73 Å². The van der Waals surface area contributed by atoms with Gasteiger partial charge in [-0.25, -0.2) is 0 Å². The number of carbonyl (C=O) groups is 1. The van der Waals surface area contributed by atoms with Gasteiger partial charge in [0.15, 0.2) is 11.5 Å². The summed E-state index contributed by atoms with van der Waals surface area (Å²) in [6.07, 6.45) is -1.57. The van der Waals surface area contributed by atoms with Crippen LogP contribution in [0.5, 0.6) is 0 Å². The van der Waals surface area contributed by atoms with E-state index in [2.05, 4.69) is 15.3 Å². The van der Waals surface area contributed by atoms with Crippen LogP contribution in [-0.4, -0.2) is 39.0 Å². The van der Waals surface area contributed by atoms with Crippen molar-refractivity contribution in [2.75, 3.05) is 18.0 Å². The van der Waals surface area contributed by atoms with Crippen LogP contribution >= 0.6 is 0 Å². The zero-order valence-electron chi connectivity index (χ0n) is 11.2. The van der Waals surface area contributed by atoms with Crippen molar-refractivity contribution in [3.63, 3.8) is 0 Å². The lowest BCUT2D eigenvalue weighted by atomic mass is 10.1. The summed E-state index contributed by atoms with van der Waals surface area (Å²) in [4.78, 5) is 12.8. The summed E-state index contributed by atoms with van der Waals surface area (Å²) in [7, 11) is 0. The quantitative estimate of drug-likeness (QED) is 0.907. The van der Waals surface area contributed by atoms with E-state index in [1.165, 1.54) is 12.3 Å². The van der Waals surface area contributed by atoms with Gasteiger partial charge in [-0.3, -0.25) is 9.48 Å². The Morgan fingerprint density at radius 3 is 2.50 bits per heavy atom. The lowest BCUT2D eigenvalue weighted by Crippen LogP contribution is -2.48. The average molecular weight is 312 g/mol. The molecule has 0 saturated carbocycles. The number of rotatable bonds is 3. The number of anilines is 1.